The Kier molecular flexibility index (Phi) is 5.67. The molecular weight excluding hydrogens is 352 g/mol. The van der Waals surface area contributed by atoms with Crippen molar-refractivity contribution >= 4 is 34.3 Å². The molecule has 4 heteroatoms. The van der Waals surface area contributed by atoms with Crippen molar-refractivity contribution in [2.24, 2.45) is 0 Å². The van der Waals surface area contributed by atoms with E-state index in [0.29, 0.717) is 10.7 Å². The first kappa shape index (κ1) is 18.8. The number of thiocarbonyl (C=S) groups is 1. The molecule has 1 aromatic heterocycles. The molecule has 3 rings (SSSR count). The average Bonchev–Trinajstić information content (AvgIpc) is 2.67. The predicted molar refractivity (Wildman–Crippen MR) is 116 cm³/mol. The fraction of sp³-hybridized carbons (Fsp3) is 0.130. The van der Waals surface area contributed by atoms with Crippen molar-refractivity contribution in [3.63, 3.8) is 0 Å². The van der Waals surface area contributed by atoms with E-state index in [2.05, 4.69) is 12.2 Å². The molecule has 0 bridgehead atoms. The summed E-state index contributed by atoms with van der Waals surface area (Å²) in [5, 5.41) is 14.4. The Morgan fingerprint density at radius 1 is 0.852 bits per heavy atom. The zero-order chi connectivity index (χ0) is 19.4. The van der Waals surface area contributed by atoms with Crippen LogP contribution in [0.2, 0.25) is 0 Å². The van der Waals surface area contributed by atoms with E-state index in [1.165, 1.54) is 5.56 Å². The number of aliphatic hydroxyl groups is 1. The first-order chi connectivity index (χ1) is 13.0. The number of hydrogen-bond donors (Lipinski definition) is 2. The zero-order valence-electron chi connectivity index (χ0n) is 15.7. The molecule has 0 saturated heterocycles. The molecule has 0 aliphatic heterocycles. The number of pyridine rings is 1. The van der Waals surface area contributed by atoms with E-state index in [1.807, 2.05) is 91.5 Å². The summed E-state index contributed by atoms with van der Waals surface area (Å²) in [4.78, 5) is 0.455. The molecule has 0 aliphatic rings. The summed E-state index contributed by atoms with van der Waals surface area (Å²) in [6.07, 6.45) is 3.75. The van der Waals surface area contributed by atoms with Crippen molar-refractivity contribution in [1.82, 2.24) is 0 Å². The van der Waals surface area contributed by atoms with Gasteiger partial charge in [-0.25, -0.2) is 0 Å². The second-order valence-electron chi connectivity index (χ2n) is 6.55. The summed E-state index contributed by atoms with van der Waals surface area (Å²) in [5.41, 5.74) is 5.58. The molecule has 0 spiro atoms. The molecule has 0 atom stereocenters. The van der Waals surface area contributed by atoms with Gasteiger partial charge in [-0.3, -0.25) is 0 Å². The van der Waals surface area contributed by atoms with Crippen molar-refractivity contribution in [2.75, 3.05) is 5.32 Å². The van der Waals surface area contributed by atoms with Crippen LogP contribution in [0.5, 0.6) is 0 Å². The lowest BCUT2D eigenvalue weighted by atomic mass is 10.0. The van der Waals surface area contributed by atoms with Crippen LogP contribution in [0.3, 0.4) is 0 Å². The van der Waals surface area contributed by atoms with Crippen molar-refractivity contribution < 1.29 is 9.67 Å². The van der Waals surface area contributed by atoms with E-state index in [0.717, 1.165) is 22.4 Å². The molecule has 1 heterocycles. The van der Waals surface area contributed by atoms with Gasteiger partial charge in [-0.2, -0.15) is 4.57 Å². The summed E-state index contributed by atoms with van der Waals surface area (Å²) in [6.45, 7) is 6.11. The van der Waals surface area contributed by atoms with Gasteiger partial charge in [0.15, 0.2) is 23.1 Å². The van der Waals surface area contributed by atoms with Crippen LogP contribution in [-0.4, -0.2) is 10.1 Å². The first-order valence-electron chi connectivity index (χ1n) is 8.82. The standard InChI is InChI=1S/C23H22N2OS/c1-16-11-12-19(15-18(16)3)22(26)21(25-13-7-4-8-14-25)23(27)24-20-10-6-5-9-17(20)2/h4-15H,1-3H3,(H-,24,26,27)/p+1. The molecule has 0 fully saturated rings. The predicted octanol–water partition coefficient (Wildman–Crippen LogP) is 5.22. The largest absolute Gasteiger partial charge is 0.502 e. The molecule has 3 aromatic rings. The van der Waals surface area contributed by atoms with E-state index < -0.39 is 0 Å². The van der Waals surface area contributed by atoms with Crippen molar-refractivity contribution in [3.8, 4) is 0 Å². The second kappa shape index (κ2) is 8.14. The monoisotopic (exact) mass is 375 g/mol. The molecule has 0 radical (unpaired) electrons. The highest BCUT2D eigenvalue weighted by Gasteiger charge is 2.24. The summed E-state index contributed by atoms with van der Waals surface area (Å²) in [7, 11) is 0. The van der Waals surface area contributed by atoms with Crippen LogP contribution in [0.1, 0.15) is 22.3 Å². The Morgan fingerprint density at radius 2 is 1.56 bits per heavy atom. The number of para-hydroxylation sites is 1. The number of aliphatic hydroxyl groups excluding tert-OH is 1. The number of anilines is 1. The average molecular weight is 376 g/mol. The molecule has 0 aliphatic carbocycles. The van der Waals surface area contributed by atoms with E-state index in [1.54, 1.807) is 0 Å². The molecule has 0 unspecified atom stereocenters. The van der Waals surface area contributed by atoms with Crippen molar-refractivity contribution in [3.05, 3.63) is 95.3 Å². The summed E-state index contributed by atoms with van der Waals surface area (Å²) in [6, 6.07) is 19.6. The van der Waals surface area contributed by atoms with Gasteiger partial charge in [0.1, 0.15) is 0 Å². The fourth-order valence-electron chi connectivity index (χ4n) is 2.81. The number of nitrogens with one attached hydrogen (secondary N) is 1. The van der Waals surface area contributed by atoms with Crippen LogP contribution >= 0.6 is 12.2 Å². The Labute approximate surface area is 165 Å². The van der Waals surface area contributed by atoms with Crippen LogP contribution < -0.4 is 9.88 Å². The molecule has 2 aromatic carbocycles. The van der Waals surface area contributed by atoms with E-state index in [-0.39, 0.29) is 5.76 Å². The van der Waals surface area contributed by atoms with Crippen molar-refractivity contribution in [1.29, 1.82) is 0 Å². The Balaban J connectivity index is 2.09. The lowest BCUT2D eigenvalue weighted by molar-refractivity contribution is -0.575. The van der Waals surface area contributed by atoms with Crippen LogP contribution in [0.4, 0.5) is 5.69 Å². The van der Waals surface area contributed by atoms with Gasteiger partial charge in [-0.1, -0.05) is 48.6 Å². The van der Waals surface area contributed by atoms with Crippen LogP contribution in [0, 0.1) is 20.8 Å². The minimum Gasteiger partial charge on any atom is -0.502 e. The van der Waals surface area contributed by atoms with Gasteiger partial charge >= 0.3 is 0 Å². The third-order valence-electron chi connectivity index (χ3n) is 4.59. The maximum Gasteiger partial charge on any atom is 0.288 e. The Hall–Kier alpha value is -2.98. The third kappa shape index (κ3) is 4.23. The topological polar surface area (TPSA) is 36.1 Å². The number of benzene rings is 2. The summed E-state index contributed by atoms with van der Waals surface area (Å²) < 4.78 is 1.83. The minimum atomic E-state index is 0.139. The van der Waals surface area contributed by atoms with Gasteiger partial charge in [0.2, 0.25) is 0 Å². The highest BCUT2D eigenvalue weighted by Crippen LogP contribution is 2.22. The highest BCUT2D eigenvalue weighted by atomic mass is 32.1. The molecule has 2 N–H and O–H groups in total. The maximum atomic E-state index is 11.1. The van der Waals surface area contributed by atoms with Gasteiger partial charge < -0.3 is 10.4 Å². The van der Waals surface area contributed by atoms with Crippen molar-refractivity contribution in [2.45, 2.75) is 20.8 Å². The Morgan fingerprint density at radius 3 is 2.22 bits per heavy atom. The van der Waals surface area contributed by atoms with E-state index >= 15 is 0 Å². The molecule has 0 amide bonds. The lowest BCUT2D eigenvalue weighted by Gasteiger charge is -2.12. The van der Waals surface area contributed by atoms with Gasteiger partial charge in [0.05, 0.1) is 0 Å². The van der Waals surface area contributed by atoms with Gasteiger partial charge in [0.25, 0.3) is 5.70 Å². The van der Waals surface area contributed by atoms with Crippen LogP contribution in [0.25, 0.3) is 11.5 Å². The van der Waals surface area contributed by atoms with Gasteiger partial charge in [-0.05, 0) is 49.6 Å². The normalized spacial score (nSPS) is 11.7. The molecule has 3 nitrogen and oxygen atoms in total. The quantitative estimate of drug-likeness (QED) is 0.284. The zero-order valence-corrected chi connectivity index (χ0v) is 16.5. The number of rotatable bonds is 4. The summed E-state index contributed by atoms with van der Waals surface area (Å²) in [5.74, 6) is 0.139. The second-order valence-corrected chi connectivity index (χ2v) is 6.96. The molecule has 27 heavy (non-hydrogen) atoms. The molecular formula is C23H23N2OS+. The number of nitrogens with zero attached hydrogens (tertiary/aromatic N) is 1. The van der Waals surface area contributed by atoms with Gasteiger partial charge in [-0.15, -0.1) is 0 Å². The number of aromatic nitrogens is 1. The minimum absolute atomic E-state index is 0.139. The lowest BCUT2D eigenvalue weighted by Crippen LogP contribution is -2.38. The summed E-state index contributed by atoms with van der Waals surface area (Å²) >= 11 is 5.68. The van der Waals surface area contributed by atoms with E-state index in [9.17, 15) is 5.11 Å². The van der Waals surface area contributed by atoms with E-state index in [4.69, 9.17) is 12.2 Å². The molecule has 0 saturated carbocycles. The van der Waals surface area contributed by atoms with Gasteiger partial charge in [0, 0.05) is 23.4 Å². The third-order valence-corrected chi connectivity index (χ3v) is 4.88. The van der Waals surface area contributed by atoms with Crippen LogP contribution in [-0.2, 0) is 0 Å². The fourth-order valence-corrected chi connectivity index (χ4v) is 3.13. The first-order valence-corrected chi connectivity index (χ1v) is 9.22. The smallest absolute Gasteiger partial charge is 0.288 e. The number of hydrogen-bond acceptors (Lipinski definition) is 2. The number of aryl methyl sites for hydroxylation is 3. The maximum absolute atomic E-state index is 11.1. The van der Waals surface area contributed by atoms with Crippen LogP contribution in [0.15, 0.2) is 73.1 Å². The highest BCUT2D eigenvalue weighted by molar-refractivity contribution is 7.81. The SMILES string of the molecule is Cc1ccc(/C(O)=C(\C(=S)Nc2ccccc2C)[n+]2ccccc2)cc1C. The Bertz CT molecular complexity index is 1010. The molecule has 136 valence electrons.